The van der Waals surface area contributed by atoms with Crippen LogP contribution in [-0.2, 0) is 0 Å². The Morgan fingerprint density at radius 2 is 1.89 bits per heavy atom. The number of hydrogen-bond donors (Lipinski definition) is 0. The van der Waals surface area contributed by atoms with Crippen LogP contribution in [0.25, 0.3) is 0 Å². The molecule has 2 rings (SSSR count). The molecule has 0 fully saturated rings. The first-order chi connectivity index (χ1) is 9.02. The molecule has 0 N–H and O–H groups in total. The highest BCUT2D eigenvalue weighted by Gasteiger charge is 2.18. The van der Waals surface area contributed by atoms with Crippen molar-refractivity contribution >= 4 is 28.4 Å². The van der Waals surface area contributed by atoms with Crippen LogP contribution < -0.4 is 4.74 Å². The fourth-order valence-electron chi connectivity index (χ4n) is 1.82. The van der Waals surface area contributed by atoms with Crippen molar-refractivity contribution in [1.82, 2.24) is 0 Å². The monoisotopic (exact) mass is 370 g/mol. The lowest BCUT2D eigenvalue weighted by atomic mass is 10.0. The third-order valence-electron chi connectivity index (χ3n) is 2.77. The van der Waals surface area contributed by atoms with E-state index in [0.717, 1.165) is 9.13 Å². The largest absolute Gasteiger partial charge is 0.496 e. The second-order valence-corrected chi connectivity index (χ2v) is 5.40. The van der Waals surface area contributed by atoms with Gasteiger partial charge in [0.05, 0.1) is 18.2 Å². The maximum Gasteiger partial charge on any atom is 0.199 e. The molecule has 98 valence electrons. The number of benzene rings is 2. The molecule has 19 heavy (non-hydrogen) atoms. The molecule has 0 atom stereocenters. The minimum absolute atomic E-state index is 0.0697. The first kappa shape index (κ1) is 14.0. The van der Waals surface area contributed by atoms with Crippen LogP contribution in [0, 0.1) is 16.3 Å². The van der Waals surface area contributed by atoms with Crippen LogP contribution in [0.4, 0.5) is 4.39 Å². The molecule has 0 saturated heterocycles. The molecule has 0 saturated carbocycles. The van der Waals surface area contributed by atoms with Crippen molar-refractivity contribution < 1.29 is 13.9 Å². The fourth-order valence-corrected chi connectivity index (χ4v) is 2.31. The van der Waals surface area contributed by atoms with Gasteiger partial charge in [0.1, 0.15) is 11.6 Å². The number of carbonyl (C=O) groups is 1. The molecular formula is C15H12FIO2. The first-order valence-electron chi connectivity index (χ1n) is 5.67. The highest BCUT2D eigenvalue weighted by Crippen LogP contribution is 2.25. The number of rotatable bonds is 3. The molecule has 0 spiro atoms. The highest BCUT2D eigenvalue weighted by molar-refractivity contribution is 14.1. The molecule has 2 aromatic carbocycles. The smallest absolute Gasteiger partial charge is 0.199 e. The van der Waals surface area contributed by atoms with E-state index >= 15 is 0 Å². The summed E-state index contributed by atoms with van der Waals surface area (Å²) in [4.78, 5) is 12.4. The third kappa shape index (κ3) is 2.94. The number of halogens is 2. The number of ketones is 1. The Bertz CT molecular complexity index is 638. The number of hydrogen-bond acceptors (Lipinski definition) is 2. The SMILES string of the molecule is COc1ccc(I)cc1C(=O)c1cc(C)ccc1F. The van der Waals surface area contributed by atoms with Gasteiger partial charge in [0.2, 0.25) is 0 Å². The van der Waals surface area contributed by atoms with E-state index in [2.05, 4.69) is 22.6 Å². The van der Waals surface area contributed by atoms with Crippen molar-refractivity contribution in [3.63, 3.8) is 0 Å². The van der Waals surface area contributed by atoms with E-state index in [1.54, 1.807) is 24.3 Å². The van der Waals surface area contributed by atoms with Crippen molar-refractivity contribution in [2.45, 2.75) is 6.92 Å². The van der Waals surface area contributed by atoms with Crippen molar-refractivity contribution in [3.8, 4) is 5.75 Å². The molecule has 0 aliphatic rings. The Morgan fingerprint density at radius 1 is 1.16 bits per heavy atom. The lowest BCUT2D eigenvalue weighted by Gasteiger charge is -2.09. The summed E-state index contributed by atoms with van der Waals surface area (Å²) >= 11 is 2.10. The Hall–Kier alpha value is -1.43. The van der Waals surface area contributed by atoms with Gasteiger partial charge in [-0.15, -0.1) is 0 Å². The summed E-state index contributed by atoms with van der Waals surface area (Å²) in [6.45, 7) is 1.82. The maximum atomic E-state index is 13.8. The zero-order chi connectivity index (χ0) is 14.0. The van der Waals surface area contributed by atoms with Crippen LogP contribution in [0.3, 0.4) is 0 Å². The fraction of sp³-hybridized carbons (Fsp3) is 0.133. The lowest BCUT2D eigenvalue weighted by molar-refractivity contribution is 0.103. The van der Waals surface area contributed by atoms with E-state index in [9.17, 15) is 9.18 Å². The van der Waals surface area contributed by atoms with Crippen LogP contribution in [0.15, 0.2) is 36.4 Å². The van der Waals surface area contributed by atoms with Gasteiger partial charge in [0.25, 0.3) is 0 Å². The minimum Gasteiger partial charge on any atom is -0.496 e. The maximum absolute atomic E-state index is 13.8. The molecule has 0 radical (unpaired) electrons. The van der Waals surface area contributed by atoms with Crippen molar-refractivity contribution in [2.24, 2.45) is 0 Å². The summed E-state index contributed by atoms with van der Waals surface area (Å²) in [6.07, 6.45) is 0. The molecule has 0 amide bonds. The quantitative estimate of drug-likeness (QED) is 0.604. The van der Waals surface area contributed by atoms with E-state index in [1.165, 1.54) is 13.2 Å². The molecule has 0 aromatic heterocycles. The predicted molar refractivity (Wildman–Crippen MR) is 80.3 cm³/mol. The summed E-state index contributed by atoms with van der Waals surface area (Å²) in [5, 5.41) is 0. The molecule has 0 aliphatic heterocycles. The number of carbonyl (C=O) groups excluding carboxylic acids is 1. The Balaban J connectivity index is 2.55. The third-order valence-corrected chi connectivity index (χ3v) is 3.44. The zero-order valence-electron chi connectivity index (χ0n) is 10.5. The van der Waals surface area contributed by atoms with Gasteiger partial charge >= 0.3 is 0 Å². The van der Waals surface area contributed by atoms with Gasteiger partial charge in [-0.05, 0) is 59.8 Å². The van der Waals surface area contributed by atoms with Crippen molar-refractivity contribution in [2.75, 3.05) is 7.11 Å². The molecule has 0 bridgehead atoms. The van der Waals surface area contributed by atoms with Crippen molar-refractivity contribution in [3.05, 3.63) is 62.5 Å². The summed E-state index contributed by atoms with van der Waals surface area (Å²) < 4.78 is 19.8. The zero-order valence-corrected chi connectivity index (χ0v) is 12.7. The number of methoxy groups -OCH3 is 1. The van der Waals surface area contributed by atoms with E-state index in [-0.39, 0.29) is 11.3 Å². The Kier molecular flexibility index (Phi) is 4.19. The standard InChI is InChI=1S/C15H12FIO2/c1-9-3-5-13(16)11(7-9)15(18)12-8-10(17)4-6-14(12)19-2/h3-8H,1-2H3. The minimum atomic E-state index is -0.517. The van der Waals surface area contributed by atoms with Gasteiger partial charge in [0.15, 0.2) is 5.78 Å². The molecule has 0 heterocycles. The van der Waals surface area contributed by atoms with Gasteiger partial charge in [0, 0.05) is 3.57 Å². The average molecular weight is 370 g/mol. The summed E-state index contributed by atoms with van der Waals surface area (Å²) in [7, 11) is 1.49. The molecule has 0 aliphatic carbocycles. The summed E-state index contributed by atoms with van der Waals surface area (Å²) in [5.41, 5.74) is 1.29. The summed E-state index contributed by atoms with van der Waals surface area (Å²) in [5.74, 6) is -0.431. The van der Waals surface area contributed by atoms with Gasteiger partial charge in [-0.3, -0.25) is 4.79 Å². The molecule has 0 unspecified atom stereocenters. The lowest BCUT2D eigenvalue weighted by Crippen LogP contribution is -2.07. The molecule has 4 heteroatoms. The van der Waals surface area contributed by atoms with Gasteiger partial charge in [-0.1, -0.05) is 11.6 Å². The second kappa shape index (κ2) is 5.69. The predicted octanol–water partition coefficient (Wildman–Crippen LogP) is 3.98. The Labute approximate surface area is 124 Å². The number of ether oxygens (including phenoxy) is 1. The average Bonchev–Trinajstić information content (AvgIpc) is 2.40. The molecule has 2 nitrogen and oxygen atoms in total. The van der Waals surface area contributed by atoms with Crippen LogP contribution >= 0.6 is 22.6 Å². The topological polar surface area (TPSA) is 26.3 Å². The van der Waals surface area contributed by atoms with E-state index < -0.39 is 5.82 Å². The van der Waals surface area contributed by atoms with Gasteiger partial charge in [-0.2, -0.15) is 0 Å². The van der Waals surface area contributed by atoms with Crippen LogP contribution in [0.1, 0.15) is 21.5 Å². The van der Waals surface area contributed by atoms with E-state index in [4.69, 9.17) is 4.74 Å². The second-order valence-electron chi connectivity index (χ2n) is 4.16. The first-order valence-corrected chi connectivity index (χ1v) is 6.75. The highest BCUT2D eigenvalue weighted by atomic mass is 127. The number of aryl methyl sites for hydroxylation is 1. The van der Waals surface area contributed by atoms with Crippen LogP contribution in [0.5, 0.6) is 5.75 Å². The van der Waals surface area contributed by atoms with E-state index in [0.29, 0.717) is 11.3 Å². The van der Waals surface area contributed by atoms with Crippen LogP contribution in [0.2, 0.25) is 0 Å². The normalized spacial score (nSPS) is 10.3. The Morgan fingerprint density at radius 3 is 2.58 bits per heavy atom. The van der Waals surface area contributed by atoms with Crippen molar-refractivity contribution in [1.29, 1.82) is 0 Å². The van der Waals surface area contributed by atoms with Gasteiger partial charge < -0.3 is 4.74 Å². The van der Waals surface area contributed by atoms with E-state index in [1.807, 2.05) is 13.0 Å². The molecule has 2 aromatic rings. The van der Waals surface area contributed by atoms with Gasteiger partial charge in [-0.25, -0.2) is 4.39 Å². The summed E-state index contributed by atoms with van der Waals surface area (Å²) in [6, 6.07) is 9.74. The molecular weight excluding hydrogens is 358 g/mol. The van der Waals surface area contributed by atoms with Crippen LogP contribution in [-0.4, -0.2) is 12.9 Å².